The van der Waals surface area contributed by atoms with Crippen LogP contribution in [0, 0.1) is 6.92 Å². The van der Waals surface area contributed by atoms with Crippen molar-refractivity contribution in [2.75, 3.05) is 5.32 Å². The van der Waals surface area contributed by atoms with Crippen LogP contribution in [0.4, 0.5) is 10.5 Å². The van der Waals surface area contributed by atoms with Crippen molar-refractivity contribution in [2.24, 2.45) is 0 Å². The molecular formula is C16H16Cl2N2O. The summed E-state index contributed by atoms with van der Waals surface area (Å²) in [5.41, 5.74) is 2.61. The van der Waals surface area contributed by atoms with Gasteiger partial charge in [-0.05, 0) is 43.2 Å². The van der Waals surface area contributed by atoms with Gasteiger partial charge in [-0.3, -0.25) is 0 Å². The number of benzene rings is 2. The molecule has 1 atom stereocenters. The second-order valence-corrected chi connectivity index (χ2v) is 5.64. The van der Waals surface area contributed by atoms with E-state index in [4.69, 9.17) is 23.2 Å². The molecule has 0 aromatic heterocycles. The van der Waals surface area contributed by atoms with E-state index < -0.39 is 0 Å². The van der Waals surface area contributed by atoms with Gasteiger partial charge in [0, 0.05) is 15.7 Å². The molecule has 0 unspecified atom stereocenters. The van der Waals surface area contributed by atoms with Crippen LogP contribution >= 0.6 is 23.2 Å². The topological polar surface area (TPSA) is 41.1 Å². The van der Waals surface area contributed by atoms with Crippen LogP contribution in [0.1, 0.15) is 24.1 Å². The third kappa shape index (κ3) is 4.13. The van der Waals surface area contributed by atoms with Gasteiger partial charge < -0.3 is 10.6 Å². The molecular weight excluding hydrogens is 307 g/mol. The van der Waals surface area contributed by atoms with Crippen LogP contribution in [-0.2, 0) is 0 Å². The Morgan fingerprint density at radius 2 is 1.86 bits per heavy atom. The van der Waals surface area contributed by atoms with E-state index in [1.54, 1.807) is 12.1 Å². The maximum atomic E-state index is 12.0. The highest BCUT2D eigenvalue weighted by atomic mass is 35.5. The van der Waals surface area contributed by atoms with Crippen molar-refractivity contribution in [3.05, 3.63) is 63.6 Å². The highest BCUT2D eigenvalue weighted by Crippen LogP contribution is 2.26. The van der Waals surface area contributed by atoms with Crippen LogP contribution in [0.15, 0.2) is 42.5 Å². The van der Waals surface area contributed by atoms with E-state index in [2.05, 4.69) is 10.6 Å². The molecule has 0 heterocycles. The lowest BCUT2D eigenvalue weighted by atomic mass is 10.1. The summed E-state index contributed by atoms with van der Waals surface area (Å²) in [5.74, 6) is 0. The van der Waals surface area contributed by atoms with Crippen molar-refractivity contribution < 1.29 is 4.79 Å². The normalized spacial score (nSPS) is 11.8. The summed E-state index contributed by atoms with van der Waals surface area (Å²) in [6, 6.07) is 12.3. The minimum Gasteiger partial charge on any atom is -0.331 e. The second-order valence-electron chi connectivity index (χ2n) is 4.80. The standard InChI is InChI=1S/C16H16Cl2N2O/c1-10-5-3-4-6-15(10)20-16(21)19-11(2)13-8-7-12(17)9-14(13)18/h3-9,11H,1-2H3,(H2,19,20,21)/t11-/m1/s1. The monoisotopic (exact) mass is 322 g/mol. The molecule has 0 fully saturated rings. The van der Waals surface area contributed by atoms with Gasteiger partial charge >= 0.3 is 6.03 Å². The summed E-state index contributed by atoms with van der Waals surface area (Å²) in [6.07, 6.45) is 0. The maximum absolute atomic E-state index is 12.0. The van der Waals surface area contributed by atoms with Gasteiger partial charge in [-0.15, -0.1) is 0 Å². The lowest BCUT2D eigenvalue weighted by Crippen LogP contribution is -2.31. The van der Waals surface area contributed by atoms with Crippen molar-refractivity contribution in [1.29, 1.82) is 0 Å². The second kappa shape index (κ2) is 6.83. The quantitative estimate of drug-likeness (QED) is 0.802. The zero-order valence-electron chi connectivity index (χ0n) is 11.8. The van der Waals surface area contributed by atoms with Gasteiger partial charge in [0.2, 0.25) is 0 Å². The Labute approximate surface area is 134 Å². The molecule has 2 aromatic carbocycles. The Kier molecular flexibility index (Phi) is 5.10. The Balaban J connectivity index is 2.04. The summed E-state index contributed by atoms with van der Waals surface area (Å²) in [6.45, 7) is 3.81. The molecule has 2 aromatic rings. The van der Waals surface area contributed by atoms with Crippen molar-refractivity contribution in [2.45, 2.75) is 19.9 Å². The Bertz CT molecular complexity index is 658. The van der Waals surface area contributed by atoms with E-state index in [-0.39, 0.29) is 12.1 Å². The van der Waals surface area contributed by atoms with E-state index in [1.165, 1.54) is 0 Å². The van der Waals surface area contributed by atoms with E-state index in [0.29, 0.717) is 10.0 Å². The highest BCUT2D eigenvalue weighted by molar-refractivity contribution is 6.35. The Morgan fingerprint density at radius 1 is 1.14 bits per heavy atom. The van der Waals surface area contributed by atoms with Gasteiger partial charge in [-0.25, -0.2) is 4.79 Å². The number of carbonyl (C=O) groups excluding carboxylic acids is 1. The number of amides is 2. The maximum Gasteiger partial charge on any atom is 0.319 e. The number of hydrogen-bond acceptors (Lipinski definition) is 1. The van der Waals surface area contributed by atoms with Gasteiger partial charge in [-0.1, -0.05) is 47.5 Å². The summed E-state index contributed by atoms with van der Waals surface area (Å²) in [4.78, 5) is 12.0. The summed E-state index contributed by atoms with van der Waals surface area (Å²) in [5, 5.41) is 6.78. The lowest BCUT2D eigenvalue weighted by Gasteiger charge is -2.17. The molecule has 0 aliphatic carbocycles. The molecule has 0 saturated heterocycles. The van der Waals surface area contributed by atoms with E-state index in [0.717, 1.165) is 16.8 Å². The number of carbonyl (C=O) groups is 1. The van der Waals surface area contributed by atoms with E-state index in [9.17, 15) is 4.79 Å². The number of halogens is 2. The molecule has 0 radical (unpaired) electrons. The first-order chi connectivity index (χ1) is 9.97. The number of anilines is 1. The Hall–Kier alpha value is -1.71. The molecule has 5 heteroatoms. The van der Waals surface area contributed by atoms with E-state index >= 15 is 0 Å². The highest BCUT2D eigenvalue weighted by Gasteiger charge is 2.13. The summed E-state index contributed by atoms with van der Waals surface area (Å²) < 4.78 is 0. The average molecular weight is 323 g/mol. The van der Waals surface area contributed by atoms with Gasteiger partial charge in [0.05, 0.1) is 6.04 Å². The largest absolute Gasteiger partial charge is 0.331 e. The molecule has 2 rings (SSSR count). The number of urea groups is 1. The molecule has 21 heavy (non-hydrogen) atoms. The van der Waals surface area contributed by atoms with Crippen LogP contribution in [0.2, 0.25) is 10.0 Å². The number of aryl methyl sites for hydroxylation is 1. The fraction of sp³-hybridized carbons (Fsp3) is 0.188. The van der Waals surface area contributed by atoms with E-state index in [1.807, 2.05) is 44.2 Å². The number of nitrogens with one attached hydrogen (secondary N) is 2. The van der Waals surface area contributed by atoms with Gasteiger partial charge in [0.1, 0.15) is 0 Å². The minimum atomic E-state index is -0.275. The number of rotatable bonds is 3. The molecule has 110 valence electrons. The third-order valence-electron chi connectivity index (χ3n) is 3.17. The third-order valence-corrected chi connectivity index (χ3v) is 3.73. The fourth-order valence-corrected chi connectivity index (χ4v) is 2.57. The molecule has 3 nitrogen and oxygen atoms in total. The molecule has 0 spiro atoms. The lowest BCUT2D eigenvalue weighted by molar-refractivity contribution is 0.249. The molecule has 2 N–H and O–H groups in total. The fourth-order valence-electron chi connectivity index (χ4n) is 2.00. The van der Waals surface area contributed by atoms with Gasteiger partial charge in [-0.2, -0.15) is 0 Å². The first-order valence-corrected chi connectivity index (χ1v) is 7.31. The first-order valence-electron chi connectivity index (χ1n) is 6.55. The van der Waals surface area contributed by atoms with Gasteiger partial charge in [0.15, 0.2) is 0 Å². The number of hydrogen-bond donors (Lipinski definition) is 2. The molecule has 2 amide bonds. The van der Waals surface area contributed by atoms with Crippen LogP contribution in [0.5, 0.6) is 0 Å². The molecule has 0 aliphatic rings. The zero-order valence-corrected chi connectivity index (χ0v) is 13.3. The number of para-hydroxylation sites is 1. The summed E-state index contributed by atoms with van der Waals surface area (Å²) in [7, 11) is 0. The average Bonchev–Trinajstić information content (AvgIpc) is 2.41. The van der Waals surface area contributed by atoms with Crippen molar-refractivity contribution >= 4 is 34.9 Å². The van der Waals surface area contributed by atoms with Crippen LogP contribution in [0.25, 0.3) is 0 Å². The Morgan fingerprint density at radius 3 is 2.52 bits per heavy atom. The van der Waals surface area contributed by atoms with Gasteiger partial charge in [0.25, 0.3) is 0 Å². The van der Waals surface area contributed by atoms with Crippen LogP contribution < -0.4 is 10.6 Å². The molecule has 0 aliphatic heterocycles. The predicted molar refractivity (Wildman–Crippen MR) is 88.2 cm³/mol. The smallest absolute Gasteiger partial charge is 0.319 e. The van der Waals surface area contributed by atoms with Crippen molar-refractivity contribution in [1.82, 2.24) is 5.32 Å². The van der Waals surface area contributed by atoms with Crippen LogP contribution in [0.3, 0.4) is 0 Å². The van der Waals surface area contributed by atoms with Crippen LogP contribution in [-0.4, -0.2) is 6.03 Å². The molecule has 0 bridgehead atoms. The van der Waals surface area contributed by atoms with Crippen molar-refractivity contribution in [3.8, 4) is 0 Å². The minimum absolute atomic E-state index is 0.223. The summed E-state index contributed by atoms with van der Waals surface area (Å²) >= 11 is 12.0. The van der Waals surface area contributed by atoms with Crippen molar-refractivity contribution in [3.63, 3.8) is 0 Å². The molecule has 0 saturated carbocycles. The first kappa shape index (κ1) is 15.7. The SMILES string of the molecule is Cc1ccccc1NC(=O)N[C@H](C)c1ccc(Cl)cc1Cl. The predicted octanol–water partition coefficient (Wildman–Crippen LogP) is 5.18. The zero-order chi connectivity index (χ0) is 15.4.